The van der Waals surface area contributed by atoms with E-state index in [1.54, 1.807) is 18.2 Å². The van der Waals surface area contributed by atoms with Crippen molar-refractivity contribution in [3.63, 3.8) is 0 Å². The van der Waals surface area contributed by atoms with Crippen LogP contribution in [-0.4, -0.2) is 27.3 Å². The lowest BCUT2D eigenvalue weighted by molar-refractivity contribution is 0.0979. The van der Waals surface area contributed by atoms with Crippen LogP contribution >= 0.6 is 10.0 Å². The maximum atomic E-state index is 13.2. The van der Waals surface area contributed by atoms with E-state index in [1.807, 2.05) is 38.1 Å². The number of benzene rings is 4. The van der Waals surface area contributed by atoms with Gasteiger partial charge in [-0.25, -0.2) is 10.0 Å². The van der Waals surface area contributed by atoms with Gasteiger partial charge in [0, 0.05) is 22.3 Å². The number of rotatable bonds is 5. The van der Waals surface area contributed by atoms with E-state index in [0.29, 0.717) is 38.0 Å². The highest BCUT2D eigenvalue weighted by Crippen LogP contribution is 2.66. The van der Waals surface area contributed by atoms with Gasteiger partial charge >= 0.3 is 0 Å². The van der Waals surface area contributed by atoms with Gasteiger partial charge in [0.05, 0.1) is 0 Å². The van der Waals surface area contributed by atoms with Gasteiger partial charge in [0.2, 0.25) is 0 Å². The van der Waals surface area contributed by atoms with Crippen LogP contribution < -0.4 is 0 Å². The fraction of sp³-hybridized carbons (Fsp3) is 0.314. The Morgan fingerprint density at radius 2 is 0.974 bits per heavy atom. The van der Waals surface area contributed by atoms with E-state index in [0.717, 1.165) is 11.1 Å². The first-order valence-corrected chi connectivity index (χ1v) is 15.6. The van der Waals surface area contributed by atoms with E-state index in [2.05, 4.69) is 77.9 Å². The second kappa shape index (κ2) is 10.9. The van der Waals surface area contributed by atoms with Gasteiger partial charge in [0.1, 0.15) is 0 Å². The molecule has 0 spiro atoms. The van der Waals surface area contributed by atoms with Crippen LogP contribution in [0.2, 0.25) is 0 Å². The molecule has 0 atom stereocenters. The van der Waals surface area contributed by atoms with Crippen molar-refractivity contribution in [2.24, 2.45) is 0 Å². The molecule has 0 bridgehead atoms. The van der Waals surface area contributed by atoms with Crippen molar-refractivity contribution in [2.75, 3.05) is 0 Å². The third-order valence-corrected chi connectivity index (χ3v) is 13.6. The predicted octanol–water partition coefficient (Wildman–Crippen LogP) is 9.70. The molecule has 0 N–H and O–H groups in total. The van der Waals surface area contributed by atoms with Crippen molar-refractivity contribution in [3.8, 4) is 11.1 Å². The number of ketones is 2. The molecule has 1 aliphatic carbocycles. The van der Waals surface area contributed by atoms with Crippen LogP contribution in [0.4, 0.5) is 0 Å². The summed E-state index contributed by atoms with van der Waals surface area (Å²) in [5, 5.41) is 4.19. The van der Waals surface area contributed by atoms with Gasteiger partial charge in [0.15, 0.2) is 11.6 Å². The summed E-state index contributed by atoms with van der Waals surface area (Å²) in [6.07, 6.45) is 0. The number of carbonyl (C=O) groups excluding carboxylic acids is 2. The Labute approximate surface area is 229 Å². The maximum absolute atomic E-state index is 13.2. The summed E-state index contributed by atoms with van der Waals surface area (Å²) >= 11 is 0. The molecule has 2 nitrogen and oxygen atoms in total. The molecule has 0 unspecified atom stereocenters. The first-order chi connectivity index (χ1) is 18.2. The van der Waals surface area contributed by atoms with Gasteiger partial charge in [-0.3, -0.25) is 9.59 Å². The van der Waals surface area contributed by atoms with Gasteiger partial charge in [-0.2, -0.15) is 0 Å². The lowest BCUT2D eigenvalue weighted by Crippen LogP contribution is -2.28. The minimum Gasteiger partial charge on any atom is -0.289 e. The zero-order valence-electron chi connectivity index (χ0n) is 24.0. The Kier molecular flexibility index (Phi) is 7.99. The summed E-state index contributed by atoms with van der Waals surface area (Å²) in [7, 11) is -1.03. The van der Waals surface area contributed by atoms with E-state index < -0.39 is 10.0 Å². The molecule has 1 aliphatic rings. The molecule has 5 rings (SSSR count). The summed E-state index contributed by atoms with van der Waals surface area (Å²) in [5.74, 6) is -0.158. The van der Waals surface area contributed by atoms with Gasteiger partial charge < -0.3 is 0 Å². The lowest BCUT2D eigenvalue weighted by atomic mass is 9.83. The Bertz CT molecular complexity index is 1490. The molecule has 0 aliphatic heterocycles. The SMILES string of the molecule is CC.CC(C)S(c1ccc2ccc(-c3ccc4c(c3)C(=O)c3ccccc3C4=O)cc2c1)(C(C)C)C(C)C. The molecule has 4 aromatic carbocycles. The molecule has 0 saturated carbocycles. The number of hydrogen-bond donors (Lipinski definition) is 0. The largest absolute Gasteiger partial charge is 0.289 e. The second-order valence-corrected chi connectivity index (χ2v) is 15.4. The lowest BCUT2D eigenvalue weighted by Gasteiger charge is -2.52. The third-order valence-electron chi connectivity index (χ3n) is 7.82. The molecule has 0 fully saturated rings. The quantitative estimate of drug-likeness (QED) is 0.229. The first-order valence-electron chi connectivity index (χ1n) is 13.8. The normalized spacial score (nSPS) is 13.4. The molecule has 38 heavy (non-hydrogen) atoms. The van der Waals surface area contributed by atoms with Crippen LogP contribution in [0.1, 0.15) is 87.2 Å². The first kappa shape index (κ1) is 27.9. The maximum Gasteiger partial charge on any atom is 0.194 e. The predicted molar refractivity (Wildman–Crippen MR) is 165 cm³/mol. The average molecular weight is 525 g/mol. The van der Waals surface area contributed by atoms with Crippen molar-refractivity contribution in [2.45, 2.75) is 76.0 Å². The van der Waals surface area contributed by atoms with Crippen molar-refractivity contribution < 1.29 is 9.59 Å². The third kappa shape index (κ3) is 4.41. The Balaban J connectivity index is 0.00000164. The van der Waals surface area contributed by atoms with Crippen LogP contribution in [0.3, 0.4) is 0 Å². The summed E-state index contributed by atoms with van der Waals surface area (Å²) in [5.41, 5.74) is 3.98. The molecular weight excluding hydrogens is 484 g/mol. The standard InChI is InChI=1S/C33H34O2S.C2H6/c1-20(2)36(21(3)4,22(5)6)27-15-13-23-11-12-24(17-26(23)18-27)25-14-16-30-31(19-25)33(35)29-10-8-7-9-28(29)32(30)34;1-2/h7-22H,1-6H3;1-2H3. The fourth-order valence-electron chi connectivity index (χ4n) is 6.35. The Morgan fingerprint density at radius 1 is 0.500 bits per heavy atom. The number of fused-ring (bicyclic) bond motifs is 3. The zero-order valence-corrected chi connectivity index (χ0v) is 24.8. The number of carbonyl (C=O) groups is 2. The zero-order chi connectivity index (χ0) is 27.8. The summed E-state index contributed by atoms with van der Waals surface area (Å²) in [4.78, 5) is 27.7. The van der Waals surface area contributed by atoms with E-state index in [9.17, 15) is 9.59 Å². The number of hydrogen-bond acceptors (Lipinski definition) is 2. The van der Waals surface area contributed by atoms with Gasteiger partial charge in [-0.1, -0.05) is 104 Å². The Morgan fingerprint density at radius 3 is 1.55 bits per heavy atom. The summed E-state index contributed by atoms with van der Waals surface area (Å²) in [6.45, 7) is 18.2. The Hall–Kier alpha value is -3.17. The minimum absolute atomic E-state index is 0.0784. The summed E-state index contributed by atoms with van der Waals surface area (Å²) in [6, 6.07) is 26.3. The summed E-state index contributed by atoms with van der Waals surface area (Å²) < 4.78 is 0. The highest BCUT2D eigenvalue weighted by molar-refractivity contribution is 8.35. The van der Waals surface area contributed by atoms with Crippen LogP contribution in [0.5, 0.6) is 0 Å². The van der Waals surface area contributed by atoms with Gasteiger partial charge in [-0.15, -0.1) is 0 Å². The van der Waals surface area contributed by atoms with Crippen molar-refractivity contribution in [1.82, 2.24) is 0 Å². The van der Waals surface area contributed by atoms with Crippen LogP contribution in [0.25, 0.3) is 21.9 Å². The molecule has 0 heterocycles. The molecule has 0 amide bonds. The van der Waals surface area contributed by atoms with E-state index in [-0.39, 0.29) is 11.6 Å². The molecular formula is C35H40O2S. The molecule has 0 aromatic heterocycles. The van der Waals surface area contributed by atoms with Crippen LogP contribution in [0, 0.1) is 0 Å². The highest BCUT2D eigenvalue weighted by Gasteiger charge is 2.36. The molecule has 3 heteroatoms. The molecule has 0 saturated heterocycles. The van der Waals surface area contributed by atoms with E-state index >= 15 is 0 Å². The van der Waals surface area contributed by atoms with Gasteiger partial charge in [0.25, 0.3) is 0 Å². The molecule has 4 aromatic rings. The monoisotopic (exact) mass is 524 g/mol. The fourth-order valence-corrected chi connectivity index (χ4v) is 11.9. The van der Waals surface area contributed by atoms with Gasteiger partial charge in [-0.05, 0) is 72.9 Å². The average Bonchev–Trinajstić information content (AvgIpc) is 2.92. The minimum atomic E-state index is -1.03. The smallest absolute Gasteiger partial charge is 0.194 e. The van der Waals surface area contributed by atoms with Crippen LogP contribution in [-0.2, 0) is 0 Å². The molecule has 198 valence electrons. The molecule has 0 radical (unpaired) electrons. The van der Waals surface area contributed by atoms with Crippen molar-refractivity contribution in [1.29, 1.82) is 0 Å². The topological polar surface area (TPSA) is 34.1 Å². The second-order valence-electron chi connectivity index (χ2n) is 10.6. The van der Waals surface area contributed by atoms with Crippen molar-refractivity contribution in [3.05, 3.63) is 101 Å². The van der Waals surface area contributed by atoms with E-state index in [1.165, 1.54) is 15.7 Å². The highest BCUT2D eigenvalue weighted by atomic mass is 32.3. The van der Waals surface area contributed by atoms with Crippen molar-refractivity contribution >= 4 is 32.4 Å². The van der Waals surface area contributed by atoms with Crippen LogP contribution in [0.15, 0.2) is 83.8 Å². The van der Waals surface area contributed by atoms with E-state index in [4.69, 9.17) is 0 Å².